The molecule has 0 amide bonds. The number of benzene rings is 1. The highest BCUT2D eigenvalue weighted by atomic mass is 35.5. The van der Waals surface area contributed by atoms with E-state index in [-0.39, 0.29) is 11.8 Å². The van der Waals surface area contributed by atoms with Crippen LogP contribution in [0.3, 0.4) is 0 Å². The molecule has 0 aliphatic carbocycles. The van der Waals surface area contributed by atoms with Gasteiger partial charge < -0.3 is 5.11 Å². The van der Waals surface area contributed by atoms with Crippen LogP contribution in [0.1, 0.15) is 5.56 Å². The maximum absolute atomic E-state index is 9.88. The van der Waals surface area contributed by atoms with E-state index >= 15 is 0 Å². The highest BCUT2D eigenvalue weighted by Gasteiger charge is 2.26. The lowest BCUT2D eigenvalue weighted by Gasteiger charge is -2.23. The smallest absolute Gasteiger partial charge is 0.117 e. The van der Waals surface area contributed by atoms with Crippen molar-refractivity contribution in [2.24, 2.45) is 0 Å². The van der Waals surface area contributed by atoms with E-state index in [1.54, 1.807) is 24.3 Å². The molecule has 1 nitrogen and oxygen atoms in total. The van der Waals surface area contributed by atoms with Crippen LogP contribution in [-0.2, 0) is 5.60 Å². The number of rotatable bonds is 3. The second-order valence-corrected chi connectivity index (χ2v) is 3.78. The molecule has 1 aromatic rings. The summed E-state index contributed by atoms with van der Waals surface area (Å²) in [6, 6.07) is 6.82. The first-order chi connectivity index (χ1) is 6.12. The number of hydrogen-bond acceptors (Lipinski definition) is 1. The van der Waals surface area contributed by atoms with Gasteiger partial charge in [-0.05, 0) is 17.7 Å². The Hall–Kier alpha value is 0.0500. The molecule has 1 rings (SSSR count). The average molecular weight is 240 g/mol. The Morgan fingerprint density at radius 1 is 1.08 bits per heavy atom. The molecule has 0 atom stereocenters. The summed E-state index contributed by atoms with van der Waals surface area (Å²) in [5.41, 5.74) is -0.477. The van der Waals surface area contributed by atoms with Gasteiger partial charge in [0.1, 0.15) is 5.60 Å². The first-order valence-electron chi connectivity index (χ1n) is 3.73. The van der Waals surface area contributed by atoms with E-state index < -0.39 is 5.60 Å². The van der Waals surface area contributed by atoms with Gasteiger partial charge in [-0.25, -0.2) is 0 Å². The summed E-state index contributed by atoms with van der Waals surface area (Å²) in [6.07, 6.45) is 0. The van der Waals surface area contributed by atoms with Gasteiger partial charge in [-0.15, -0.1) is 23.2 Å². The van der Waals surface area contributed by atoms with Crippen LogP contribution in [0.4, 0.5) is 0 Å². The normalized spacial score (nSPS) is 11.7. The van der Waals surface area contributed by atoms with Gasteiger partial charge in [0.05, 0.1) is 11.8 Å². The van der Waals surface area contributed by atoms with Crippen LogP contribution in [0.5, 0.6) is 0 Å². The Morgan fingerprint density at radius 3 is 1.92 bits per heavy atom. The zero-order valence-electron chi connectivity index (χ0n) is 6.80. The van der Waals surface area contributed by atoms with Gasteiger partial charge in [0.15, 0.2) is 0 Å². The molecule has 0 aliphatic heterocycles. The van der Waals surface area contributed by atoms with Crippen molar-refractivity contribution in [2.45, 2.75) is 5.60 Å². The Morgan fingerprint density at radius 2 is 1.54 bits per heavy atom. The number of aliphatic hydroxyl groups is 1. The van der Waals surface area contributed by atoms with E-state index in [0.29, 0.717) is 10.6 Å². The molecule has 0 saturated carbocycles. The minimum Gasteiger partial charge on any atom is -0.383 e. The van der Waals surface area contributed by atoms with Crippen LogP contribution in [0.2, 0.25) is 5.02 Å². The minimum atomic E-state index is -1.16. The third-order valence-electron chi connectivity index (χ3n) is 1.82. The molecule has 0 spiro atoms. The molecule has 0 heterocycles. The molecule has 0 bridgehead atoms. The molecule has 0 radical (unpaired) electrons. The van der Waals surface area contributed by atoms with Crippen molar-refractivity contribution in [3.8, 4) is 0 Å². The Labute approximate surface area is 92.2 Å². The molecule has 72 valence electrons. The summed E-state index contributed by atoms with van der Waals surface area (Å²) < 4.78 is 0. The van der Waals surface area contributed by atoms with Crippen molar-refractivity contribution in [1.82, 2.24) is 0 Å². The third kappa shape index (κ3) is 2.50. The second-order valence-electron chi connectivity index (χ2n) is 2.81. The molecule has 0 saturated heterocycles. The fourth-order valence-electron chi connectivity index (χ4n) is 0.950. The highest BCUT2D eigenvalue weighted by molar-refractivity contribution is 6.30. The molecule has 1 N–H and O–H groups in total. The van der Waals surface area contributed by atoms with Gasteiger partial charge in [-0.2, -0.15) is 0 Å². The van der Waals surface area contributed by atoms with Gasteiger partial charge in [0, 0.05) is 5.02 Å². The number of halogens is 3. The van der Waals surface area contributed by atoms with Crippen molar-refractivity contribution < 1.29 is 5.11 Å². The largest absolute Gasteiger partial charge is 0.383 e. The molecule has 0 fully saturated rings. The first kappa shape index (κ1) is 11.1. The highest BCUT2D eigenvalue weighted by Crippen LogP contribution is 2.25. The van der Waals surface area contributed by atoms with Gasteiger partial charge >= 0.3 is 0 Å². The van der Waals surface area contributed by atoms with Crippen LogP contribution in [0.25, 0.3) is 0 Å². The molecule has 0 aromatic heterocycles. The zero-order chi connectivity index (χ0) is 9.90. The molecule has 4 heteroatoms. The lowest BCUT2D eigenvalue weighted by Crippen LogP contribution is -2.29. The Bertz CT molecular complexity index is 267. The molecular weight excluding hydrogens is 230 g/mol. The minimum absolute atomic E-state index is 0.0676. The van der Waals surface area contributed by atoms with Crippen molar-refractivity contribution in [2.75, 3.05) is 11.8 Å². The zero-order valence-corrected chi connectivity index (χ0v) is 9.07. The van der Waals surface area contributed by atoms with Crippen molar-refractivity contribution in [3.63, 3.8) is 0 Å². The molecule has 0 unspecified atom stereocenters. The standard InChI is InChI=1S/C9H9Cl3O/c10-5-9(13,6-11)7-1-3-8(12)4-2-7/h1-4,13H,5-6H2. The van der Waals surface area contributed by atoms with Crippen LogP contribution < -0.4 is 0 Å². The maximum atomic E-state index is 9.88. The van der Waals surface area contributed by atoms with Gasteiger partial charge in [-0.1, -0.05) is 23.7 Å². The Kier molecular flexibility index (Phi) is 3.87. The summed E-state index contributed by atoms with van der Waals surface area (Å²) in [6.45, 7) is 0. The van der Waals surface area contributed by atoms with Crippen molar-refractivity contribution >= 4 is 34.8 Å². The van der Waals surface area contributed by atoms with Gasteiger partial charge in [0.25, 0.3) is 0 Å². The summed E-state index contributed by atoms with van der Waals surface area (Å²) >= 11 is 16.9. The van der Waals surface area contributed by atoms with E-state index in [4.69, 9.17) is 34.8 Å². The SMILES string of the molecule is OC(CCl)(CCl)c1ccc(Cl)cc1. The topological polar surface area (TPSA) is 20.2 Å². The van der Waals surface area contributed by atoms with E-state index in [9.17, 15) is 5.11 Å². The first-order valence-corrected chi connectivity index (χ1v) is 5.17. The average Bonchev–Trinajstić information content (AvgIpc) is 2.18. The number of hydrogen-bond donors (Lipinski definition) is 1. The molecular formula is C9H9Cl3O. The fourth-order valence-corrected chi connectivity index (χ4v) is 1.67. The van der Waals surface area contributed by atoms with Crippen LogP contribution >= 0.6 is 34.8 Å². The quantitative estimate of drug-likeness (QED) is 0.804. The summed E-state index contributed by atoms with van der Waals surface area (Å²) in [4.78, 5) is 0. The third-order valence-corrected chi connectivity index (χ3v) is 2.96. The van der Waals surface area contributed by atoms with Crippen LogP contribution in [0.15, 0.2) is 24.3 Å². The van der Waals surface area contributed by atoms with E-state index in [2.05, 4.69) is 0 Å². The van der Waals surface area contributed by atoms with E-state index in [1.165, 1.54) is 0 Å². The fraction of sp³-hybridized carbons (Fsp3) is 0.333. The van der Waals surface area contributed by atoms with E-state index in [0.717, 1.165) is 0 Å². The van der Waals surface area contributed by atoms with Crippen molar-refractivity contribution in [1.29, 1.82) is 0 Å². The lowest BCUT2D eigenvalue weighted by atomic mass is 9.98. The predicted octanol–water partition coefficient (Wildman–Crippen LogP) is 3.01. The summed E-state index contributed by atoms with van der Waals surface area (Å²) in [7, 11) is 0. The summed E-state index contributed by atoms with van der Waals surface area (Å²) in [5, 5.41) is 10.5. The maximum Gasteiger partial charge on any atom is 0.117 e. The van der Waals surface area contributed by atoms with E-state index in [1.807, 2.05) is 0 Å². The molecule has 0 aliphatic rings. The lowest BCUT2D eigenvalue weighted by molar-refractivity contribution is 0.0862. The predicted molar refractivity (Wildman–Crippen MR) is 56.8 cm³/mol. The monoisotopic (exact) mass is 238 g/mol. The Balaban J connectivity index is 2.99. The van der Waals surface area contributed by atoms with Crippen LogP contribution in [-0.4, -0.2) is 16.9 Å². The van der Waals surface area contributed by atoms with Gasteiger partial charge in [-0.3, -0.25) is 0 Å². The van der Waals surface area contributed by atoms with Crippen molar-refractivity contribution in [3.05, 3.63) is 34.9 Å². The number of alkyl halides is 2. The molecule has 1 aromatic carbocycles. The molecule has 13 heavy (non-hydrogen) atoms. The van der Waals surface area contributed by atoms with Gasteiger partial charge in [0.2, 0.25) is 0 Å². The second kappa shape index (κ2) is 4.52. The van der Waals surface area contributed by atoms with Crippen LogP contribution in [0, 0.1) is 0 Å². The summed E-state index contributed by atoms with van der Waals surface area (Å²) in [5.74, 6) is 0.135.